The summed E-state index contributed by atoms with van der Waals surface area (Å²) in [5.41, 5.74) is -0.373. The monoisotopic (exact) mass is 352 g/mol. The van der Waals surface area contributed by atoms with Crippen LogP contribution in [0.1, 0.15) is 21.6 Å². The van der Waals surface area contributed by atoms with Gasteiger partial charge in [-0.2, -0.15) is 18.3 Å². The molecule has 1 amide bonds. The number of aryl methyl sites for hydroxylation is 2. The number of hydrogen-bond donors (Lipinski definition) is 1. The molecule has 0 spiro atoms. The first-order valence-electron chi connectivity index (χ1n) is 7.15. The molecule has 0 saturated carbocycles. The molecule has 5 nitrogen and oxygen atoms in total. The van der Waals surface area contributed by atoms with Gasteiger partial charge in [0.25, 0.3) is 5.91 Å². The van der Waals surface area contributed by atoms with Gasteiger partial charge in [0.05, 0.1) is 22.2 Å². The zero-order valence-electron chi connectivity index (χ0n) is 13.1. The normalized spacial score (nSPS) is 11.8. The second-order valence-corrected chi connectivity index (χ2v) is 5.42. The number of carbonyl (C=O) groups is 1. The quantitative estimate of drug-likeness (QED) is 0.716. The van der Waals surface area contributed by atoms with Gasteiger partial charge in [0.2, 0.25) is 0 Å². The van der Waals surface area contributed by atoms with Crippen molar-refractivity contribution >= 4 is 22.6 Å². The highest BCUT2D eigenvalue weighted by Crippen LogP contribution is 2.30. The lowest BCUT2D eigenvalue weighted by Crippen LogP contribution is -2.15. The van der Waals surface area contributed by atoms with Crippen LogP contribution in [0.2, 0.25) is 0 Å². The topological polar surface area (TPSA) is 59.8 Å². The van der Waals surface area contributed by atoms with Crippen LogP contribution in [0, 0.1) is 12.7 Å². The Kier molecular flexibility index (Phi) is 3.94. The molecular weight excluding hydrogens is 340 g/mol. The fourth-order valence-corrected chi connectivity index (χ4v) is 2.47. The number of nitrogens with one attached hydrogen (secondary N) is 1. The van der Waals surface area contributed by atoms with Crippen molar-refractivity contribution in [2.24, 2.45) is 7.05 Å². The standard InChI is InChI=1S/C16H12F4N4O/c1-8-12-13(17)11(7-21-14(12)24(2)23-8)15(25)22-10-5-3-9(4-6-10)16(18,19)20/h3-7H,1-2H3,(H,22,25). The molecule has 130 valence electrons. The summed E-state index contributed by atoms with van der Waals surface area (Å²) in [5, 5.41) is 6.53. The number of anilines is 1. The van der Waals surface area contributed by atoms with E-state index < -0.39 is 23.5 Å². The number of rotatable bonds is 2. The maximum absolute atomic E-state index is 14.6. The number of nitrogens with zero attached hydrogens (tertiary/aromatic N) is 3. The molecule has 0 fully saturated rings. The predicted molar refractivity (Wildman–Crippen MR) is 82.6 cm³/mol. The smallest absolute Gasteiger partial charge is 0.322 e. The fourth-order valence-electron chi connectivity index (χ4n) is 2.47. The van der Waals surface area contributed by atoms with Crippen LogP contribution in [0.25, 0.3) is 11.0 Å². The summed E-state index contributed by atoms with van der Waals surface area (Å²) < 4.78 is 53.6. The molecule has 0 atom stereocenters. The van der Waals surface area contributed by atoms with E-state index in [9.17, 15) is 22.4 Å². The van der Waals surface area contributed by atoms with E-state index >= 15 is 0 Å². The van der Waals surface area contributed by atoms with E-state index in [1.165, 1.54) is 4.68 Å². The lowest BCUT2D eigenvalue weighted by atomic mass is 10.1. The van der Waals surface area contributed by atoms with Gasteiger partial charge in [0.1, 0.15) is 5.82 Å². The van der Waals surface area contributed by atoms with Crippen molar-refractivity contribution < 1.29 is 22.4 Å². The second kappa shape index (κ2) is 5.83. The molecule has 3 aromatic rings. The van der Waals surface area contributed by atoms with Crippen LogP contribution in [0.3, 0.4) is 0 Å². The summed E-state index contributed by atoms with van der Waals surface area (Å²) in [4.78, 5) is 16.3. The summed E-state index contributed by atoms with van der Waals surface area (Å²) in [6, 6.07) is 3.86. The van der Waals surface area contributed by atoms with Crippen LogP contribution >= 0.6 is 0 Å². The van der Waals surface area contributed by atoms with Crippen molar-refractivity contribution in [2.45, 2.75) is 13.1 Å². The van der Waals surface area contributed by atoms with Crippen molar-refractivity contribution in [1.82, 2.24) is 14.8 Å². The highest BCUT2D eigenvalue weighted by molar-refractivity contribution is 6.06. The first-order valence-corrected chi connectivity index (χ1v) is 7.15. The molecule has 0 radical (unpaired) electrons. The lowest BCUT2D eigenvalue weighted by Gasteiger charge is -2.09. The molecule has 9 heteroatoms. The Morgan fingerprint density at radius 1 is 1.20 bits per heavy atom. The van der Waals surface area contributed by atoms with E-state index in [0.29, 0.717) is 11.3 Å². The average Bonchev–Trinajstić information content (AvgIpc) is 2.82. The van der Waals surface area contributed by atoms with Crippen LogP contribution in [0.5, 0.6) is 0 Å². The Balaban J connectivity index is 1.90. The highest BCUT2D eigenvalue weighted by Gasteiger charge is 2.30. The number of amides is 1. The number of halogens is 4. The molecule has 0 saturated heterocycles. The molecule has 0 aliphatic carbocycles. The fraction of sp³-hybridized carbons (Fsp3) is 0.188. The lowest BCUT2D eigenvalue weighted by molar-refractivity contribution is -0.137. The zero-order chi connectivity index (χ0) is 18.4. The first-order chi connectivity index (χ1) is 11.7. The van der Waals surface area contributed by atoms with Crippen molar-refractivity contribution in [3.8, 4) is 0 Å². The number of alkyl halides is 3. The minimum Gasteiger partial charge on any atom is -0.322 e. The van der Waals surface area contributed by atoms with E-state index in [2.05, 4.69) is 15.4 Å². The van der Waals surface area contributed by atoms with Gasteiger partial charge in [-0.05, 0) is 31.2 Å². The average molecular weight is 352 g/mol. The van der Waals surface area contributed by atoms with Crippen LogP contribution < -0.4 is 5.32 Å². The van der Waals surface area contributed by atoms with Crippen LogP contribution in [-0.4, -0.2) is 20.7 Å². The molecule has 0 aliphatic rings. The van der Waals surface area contributed by atoms with Gasteiger partial charge in [-0.25, -0.2) is 9.37 Å². The van der Waals surface area contributed by atoms with Crippen molar-refractivity contribution in [2.75, 3.05) is 5.32 Å². The maximum atomic E-state index is 14.6. The number of hydrogen-bond acceptors (Lipinski definition) is 3. The number of carbonyl (C=O) groups excluding carboxylic acids is 1. The molecule has 1 N–H and O–H groups in total. The molecule has 0 unspecified atom stereocenters. The van der Waals surface area contributed by atoms with E-state index in [1.54, 1.807) is 14.0 Å². The van der Waals surface area contributed by atoms with E-state index in [4.69, 9.17) is 0 Å². The van der Waals surface area contributed by atoms with Crippen molar-refractivity contribution in [3.63, 3.8) is 0 Å². The Hall–Kier alpha value is -2.97. The molecule has 2 aromatic heterocycles. The summed E-state index contributed by atoms with van der Waals surface area (Å²) in [7, 11) is 1.60. The minimum atomic E-state index is -4.47. The van der Waals surface area contributed by atoms with Crippen LogP contribution in [0.4, 0.5) is 23.2 Å². The van der Waals surface area contributed by atoms with Gasteiger partial charge < -0.3 is 5.32 Å². The van der Waals surface area contributed by atoms with Gasteiger partial charge in [0.15, 0.2) is 5.65 Å². The second-order valence-electron chi connectivity index (χ2n) is 5.42. The summed E-state index contributed by atoms with van der Waals surface area (Å²) >= 11 is 0. The predicted octanol–water partition coefficient (Wildman–Crippen LogP) is 3.69. The molecule has 25 heavy (non-hydrogen) atoms. The minimum absolute atomic E-state index is 0.111. The third-order valence-corrected chi connectivity index (χ3v) is 3.68. The number of aromatic nitrogens is 3. The third kappa shape index (κ3) is 3.04. The molecule has 0 bridgehead atoms. The molecule has 3 rings (SSSR count). The van der Waals surface area contributed by atoms with E-state index in [1.807, 2.05) is 0 Å². The van der Waals surface area contributed by atoms with Crippen molar-refractivity contribution in [3.05, 3.63) is 53.1 Å². The van der Waals surface area contributed by atoms with Crippen LogP contribution in [-0.2, 0) is 13.2 Å². The van der Waals surface area contributed by atoms with Gasteiger partial charge in [-0.15, -0.1) is 0 Å². The Morgan fingerprint density at radius 2 is 1.84 bits per heavy atom. The summed E-state index contributed by atoms with van der Waals surface area (Å²) in [6.07, 6.45) is -3.40. The number of benzene rings is 1. The SMILES string of the molecule is Cc1nn(C)c2ncc(C(=O)Nc3ccc(C(F)(F)F)cc3)c(F)c12. The van der Waals surface area contributed by atoms with Gasteiger partial charge >= 0.3 is 6.18 Å². The van der Waals surface area contributed by atoms with E-state index in [-0.39, 0.29) is 16.6 Å². The largest absolute Gasteiger partial charge is 0.416 e. The molecule has 0 aliphatic heterocycles. The first kappa shape index (κ1) is 16.9. The molecular formula is C16H12F4N4O. The van der Waals surface area contributed by atoms with Gasteiger partial charge in [0, 0.05) is 18.9 Å². The Labute approximate surface area is 139 Å². The van der Waals surface area contributed by atoms with E-state index in [0.717, 1.165) is 30.5 Å². The maximum Gasteiger partial charge on any atom is 0.416 e. The zero-order valence-corrected chi connectivity index (χ0v) is 13.1. The van der Waals surface area contributed by atoms with Crippen molar-refractivity contribution in [1.29, 1.82) is 0 Å². The van der Waals surface area contributed by atoms with Gasteiger partial charge in [-0.3, -0.25) is 9.48 Å². The summed E-state index contributed by atoms with van der Waals surface area (Å²) in [5.74, 6) is -1.59. The molecule has 2 heterocycles. The third-order valence-electron chi connectivity index (χ3n) is 3.68. The van der Waals surface area contributed by atoms with Gasteiger partial charge in [-0.1, -0.05) is 0 Å². The van der Waals surface area contributed by atoms with Crippen LogP contribution in [0.15, 0.2) is 30.5 Å². The number of pyridine rings is 1. The summed E-state index contributed by atoms with van der Waals surface area (Å²) in [6.45, 7) is 1.59. The Morgan fingerprint density at radius 3 is 2.44 bits per heavy atom. The highest BCUT2D eigenvalue weighted by atomic mass is 19.4. The number of fused-ring (bicyclic) bond motifs is 1. The Bertz CT molecular complexity index is 961. The molecule has 1 aromatic carbocycles.